The number of amides is 2. The highest BCUT2D eigenvalue weighted by Crippen LogP contribution is 2.15. The second kappa shape index (κ2) is 2.28. The molecule has 1 saturated heterocycles. The molecular formula is C6H10N2O2. The van der Waals surface area contributed by atoms with Gasteiger partial charge in [0.25, 0.3) is 0 Å². The first-order valence-electron chi connectivity index (χ1n) is 3.20. The van der Waals surface area contributed by atoms with Crippen LogP contribution in [-0.4, -0.2) is 18.4 Å². The summed E-state index contributed by atoms with van der Waals surface area (Å²) in [6.45, 7) is 2.39. The van der Waals surface area contributed by atoms with Crippen LogP contribution in [0.5, 0.6) is 0 Å². The predicted octanol–water partition coefficient (Wildman–Crippen LogP) is -1.15. The SMILES string of the molecule is C[C@H]1CNC(=O)[C@@H]1C(N)=O. The highest BCUT2D eigenvalue weighted by atomic mass is 16.2. The topological polar surface area (TPSA) is 72.2 Å². The highest BCUT2D eigenvalue weighted by Gasteiger charge is 2.35. The molecule has 56 valence electrons. The molecule has 0 unspecified atom stereocenters. The summed E-state index contributed by atoms with van der Waals surface area (Å²) in [4.78, 5) is 21.4. The minimum atomic E-state index is -0.611. The van der Waals surface area contributed by atoms with Gasteiger partial charge in [-0.05, 0) is 5.92 Å². The quantitative estimate of drug-likeness (QED) is 0.454. The third-order valence-corrected chi connectivity index (χ3v) is 1.76. The van der Waals surface area contributed by atoms with E-state index < -0.39 is 11.8 Å². The number of nitrogens with two attached hydrogens (primary N) is 1. The third-order valence-electron chi connectivity index (χ3n) is 1.76. The molecule has 1 heterocycles. The van der Waals surface area contributed by atoms with Crippen molar-refractivity contribution in [2.45, 2.75) is 6.92 Å². The smallest absolute Gasteiger partial charge is 0.232 e. The Kier molecular flexibility index (Phi) is 1.61. The van der Waals surface area contributed by atoms with Gasteiger partial charge in [-0.1, -0.05) is 6.92 Å². The standard InChI is InChI=1S/C6H10N2O2/c1-3-2-8-6(10)4(3)5(7)9/h3-4H,2H2,1H3,(H2,7,9)(H,8,10)/t3-,4-/m0/s1. The van der Waals surface area contributed by atoms with Crippen molar-refractivity contribution in [3.05, 3.63) is 0 Å². The summed E-state index contributed by atoms with van der Waals surface area (Å²) in [5.41, 5.74) is 4.98. The van der Waals surface area contributed by atoms with Gasteiger partial charge in [0.1, 0.15) is 5.92 Å². The Morgan fingerprint density at radius 3 is 2.60 bits per heavy atom. The van der Waals surface area contributed by atoms with Gasteiger partial charge in [0.15, 0.2) is 0 Å². The Balaban J connectivity index is 2.72. The van der Waals surface area contributed by atoms with E-state index in [1.165, 1.54) is 0 Å². The predicted molar refractivity (Wildman–Crippen MR) is 34.9 cm³/mol. The van der Waals surface area contributed by atoms with E-state index in [4.69, 9.17) is 5.73 Å². The van der Waals surface area contributed by atoms with E-state index >= 15 is 0 Å². The molecule has 0 radical (unpaired) electrons. The summed E-state index contributed by atoms with van der Waals surface area (Å²) in [6, 6.07) is 0. The lowest BCUT2D eigenvalue weighted by Crippen LogP contribution is -2.32. The molecule has 2 amide bonds. The lowest BCUT2D eigenvalue weighted by molar-refractivity contribution is -0.132. The molecule has 0 aromatic heterocycles. The number of hydrogen-bond acceptors (Lipinski definition) is 2. The average Bonchev–Trinajstić information content (AvgIpc) is 2.11. The molecular weight excluding hydrogens is 132 g/mol. The number of carbonyl (C=O) groups is 2. The highest BCUT2D eigenvalue weighted by molar-refractivity contribution is 6.01. The zero-order valence-electron chi connectivity index (χ0n) is 5.76. The van der Waals surface area contributed by atoms with Crippen LogP contribution in [0.15, 0.2) is 0 Å². The van der Waals surface area contributed by atoms with Crippen molar-refractivity contribution in [3.8, 4) is 0 Å². The first-order chi connectivity index (χ1) is 4.63. The van der Waals surface area contributed by atoms with Crippen molar-refractivity contribution in [2.24, 2.45) is 17.6 Å². The molecule has 4 heteroatoms. The van der Waals surface area contributed by atoms with Crippen LogP contribution < -0.4 is 11.1 Å². The van der Waals surface area contributed by atoms with Gasteiger partial charge >= 0.3 is 0 Å². The first kappa shape index (κ1) is 7.05. The van der Waals surface area contributed by atoms with Crippen molar-refractivity contribution in [2.75, 3.05) is 6.54 Å². The van der Waals surface area contributed by atoms with Crippen LogP contribution in [0.4, 0.5) is 0 Å². The van der Waals surface area contributed by atoms with Gasteiger partial charge in [0.05, 0.1) is 0 Å². The van der Waals surface area contributed by atoms with E-state index in [2.05, 4.69) is 5.32 Å². The minimum Gasteiger partial charge on any atom is -0.369 e. The zero-order valence-corrected chi connectivity index (χ0v) is 5.76. The molecule has 0 aromatic carbocycles. The fraction of sp³-hybridized carbons (Fsp3) is 0.667. The van der Waals surface area contributed by atoms with Gasteiger partial charge in [-0.2, -0.15) is 0 Å². The Hall–Kier alpha value is -1.06. The fourth-order valence-electron chi connectivity index (χ4n) is 1.16. The first-order valence-corrected chi connectivity index (χ1v) is 3.20. The van der Waals surface area contributed by atoms with E-state index in [0.29, 0.717) is 6.54 Å². The summed E-state index contributed by atoms with van der Waals surface area (Å²) < 4.78 is 0. The maximum Gasteiger partial charge on any atom is 0.232 e. The zero-order chi connectivity index (χ0) is 7.72. The van der Waals surface area contributed by atoms with Crippen molar-refractivity contribution in [1.29, 1.82) is 0 Å². The Labute approximate surface area is 58.8 Å². The van der Waals surface area contributed by atoms with E-state index in [1.54, 1.807) is 0 Å². The fourth-order valence-corrected chi connectivity index (χ4v) is 1.16. The van der Waals surface area contributed by atoms with Crippen LogP contribution in [-0.2, 0) is 9.59 Å². The second-order valence-corrected chi connectivity index (χ2v) is 2.60. The number of primary amides is 1. The largest absolute Gasteiger partial charge is 0.369 e. The molecule has 1 aliphatic heterocycles. The molecule has 1 aliphatic rings. The number of carbonyl (C=O) groups excluding carboxylic acids is 2. The molecule has 0 aliphatic carbocycles. The monoisotopic (exact) mass is 142 g/mol. The van der Waals surface area contributed by atoms with Crippen LogP contribution in [0.3, 0.4) is 0 Å². The Morgan fingerprint density at radius 1 is 1.80 bits per heavy atom. The van der Waals surface area contributed by atoms with Crippen molar-refractivity contribution in [3.63, 3.8) is 0 Å². The summed E-state index contributed by atoms with van der Waals surface area (Å²) in [7, 11) is 0. The molecule has 1 fully saturated rings. The van der Waals surface area contributed by atoms with Crippen LogP contribution in [0.25, 0.3) is 0 Å². The van der Waals surface area contributed by atoms with Gasteiger partial charge in [-0.15, -0.1) is 0 Å². The Morgan fingerprint density at radius 2 is 2.40 bits per heavy atom. The van der Waals surface area contributed by atoms with Crippen LogP contribution in [0.1, 0.15) is 6.92 Å². The second-order valence-electron chi connectivity index (χ2n) is 2.60. The average molecular weight is 142 g/mol. The molecule has 0 bridgehead atoms. The summed E-state index contributed by atoms with van der Waals surface area (Å²) in [6.07, 6.45) is 0. The molecule has 0 spiro atoms. The van der Waals surface area contributed by atoms with Gasteiger partial charge in [0.2, 0.25) is 11.8 Å². The molecule has 0 saturated carbocycles. The summed E-state index contributed by atoms with van der Waals surface area (Å²) in [5, 5.41) is 2.56. The lowest BCUT2D eigenvalue weighted by Gasteiger charge is -2.05. The number of rotatable bonds is 1. The van der Waals surface area contributed by atoms with Gasteiger partial charge < -0.3 is 11.1 Å². The summed E-state index contributed by atoms with van der Waals surface area (Å²) in [5.74, 6) is -1.33. The molecule has 1 rings (SSSR count). The number of hydrogen-bond donors (Lipinski definition) is 2. The number of nitrogens with one attached hydrogen (secondary N) is 1. The molecule has 3 N–H and O–H groups in total. The van der Waals surface area contributed by atoms with E-state index in [0.717, 1.165) is 0 Å². The maximum atomic E-state index is 10.8. The van der Waals surface area contributed by atoms with Crippen molar-refractivity contribution >= 4 is 11.8 Å². The van der Waals surface area contributed by atoms with Gasteiger partial charge in [-0.25, -0.2) is 0 Å². The van der Waals surface area contributed by atoms with Crippen LogP contribution in [0.2, 0.25) is 0 Å². The van der Waals surface area contributed by atoms with Crippen LogP contribution >= 0.6 is 0 Å². The van der Waals surface area contributed by atoms with Gasteiger partial charge in [-0.3, -0.25) is 9.59 Å². The minimum absolute atomic E-state index is 0.0463. The van der Waals surface area contributed by atoms with Crippen LogP contribution in [0, 0.1) is 11.8 Å². The molecule has 10 heavy (non-hydrogen) atoms. The lowest BCUT2D eigenvalue weighted by atomic mass is 9.97. The van der Waals surface area contributed by atoms with Gasteiger partial charge in [0, 0.05) is 6.54 Å². The Bertz CT molecular complexity index is 179. The van der Waals surface area contributed by atoms with Crippen molar-refractivity contribution < 1.29 is 9.59 Å². The molecule has 4 nitrogen and oxygen atoms in total. The summed E-state index contributed by atoms with van der Waals surface area (Å²) >= 11 is 0. The van der Waals surface area contributed by atoms with E-state index in [1.807, 2.05) is 6.92 Å². The van der Waals surface area contributed by atoms with E-state index in [-0.39, 0.29) is 11.8 Å². The maximum absolute atomic E-state index is 10.8. The normalized spacial score (nSPS) is 31.9. The third kappa shape index (κ3) is 0.964. The molecule has 0 aromatic rings. The van der Waals surface area contributed by atoms with Crippen molar-refractivity contribution in [1.82, 2.24) is 5.32 Å². The molecule has 2 atom stereocenters. The van der Waals surface area contributed by atoms with E-state index in [9.17, 15) is 9.59 Å².